The Hall–Kier alpha value is 0.0749. The van der Waals surface area contributed by atoms with Crippen molar-refractivity contribution in [3.63, 3.8) is 0 Å². The monoisotopic (exact) mass is 228 g/mol. The van der Waals surface area contributed by atoms with Gasteiger partial charge in [-0.25, -0.2) is 0 Å². The summed E-state index contributed by atoms with van der Waals surface area (Å²) >= 11 is 1.89. The summed E-state index contributed by atoms with van der Waals surface area (Å²) in [6, 6.07) is 0. The van der Waals surface area contributed by atoms with Crippen LogP contribution in [0.3, 0.4) is 0 Å². The van der Waals surface area contributed by atoms with Gasteiger partial charge in [0.1, 0.15) is 0 Å². The van der Waals surface area contributed by atoms with E-state index < -0.39 is 0 Å². The van der Waals surface area contributed by atoms with Crippen LogP contribution in [0.2, 0.25) is 0 Å². The van der Waals surface area contributed by atoms with Crippen LogP contribution >= 0.6 is 11.8 Å². The van der Waals surface area contributed by atoms with E-state index in [1.165, 1.54) is 0 Å². The van der Waals surface area contributed by atoms with Crippen molar-refractivity contribution in [2.24, 2.45) is 0 Å². The molecule has 0 bridgehead atoms. The van der Waals surface area contributed by atoms with Gasteiger partial charge in [0.05, 0.1) is 11.2 Å². The SMILES string of the molecule is CCSC/C=C/B1OC(C)(C)C(C)(C)O1. The van der Waals surface area contributed by atoms with Gasteiger partial charge in [-0.3, -0.25) is 0 Å². The number of hydrogen-bond acceptors (Lipinski definition) is 3. The predicted molar refractivity (Wildman–Crippen MR) is 68.2 cm³/mol. The fourth-order valence-corrected chi connectivity index (χ4v) is 1.80. The lowest BCUT2D eigenvalue weighted by atomic mass is 9.90. The summed E-state index contributed by atoms with van der Waals surface area (Å²) in [6.07, 6.45) is 2.12. The smallest absolute Gasteiger partial charge is 0.400 e. The molecule has 0 radical (unpaired) electrons. The lowest BCUT2D eigenvalue weighted by Gasteiger charge is -2.32. The Morgan fingerprint density at radius 3 is 2.13 bits per heavy atom. The average molecular weight is 228 g/mol. The molecule has 0 atom stereocenters. The van der Waals surface area contributed by atoms with Gasteiger partial charge < -0.3 is 9.31 Å². The lowest BCUT2D eigenvalue weighted by molar-refractivity contribution is 0.00578. The fraction of sp³-hybridized carbons (Fsp3) is 0.818. The van der Waals surface area contributed by atoms with E-state index >= 15 is 0 Å². The van der Waals surface area contributed by atoms with Gasteiger partial charge in [0.25, 0.3) is 0 Å². The van der Waals surface area contributed by atoms with Gasteiger partial charge in [0, 0.05) is 5.75 Å². The highest BCUT2D eigenvalue weighted by atomic mass is 32.2. The molecule has 0 aromatic carbocycles. The number of thioether (sulfide) groups is 1. The minimum absolute atomic E-state index is 0.188. The third-order valence-electron chi connectivity index (χ3n) is 2.98. The Balaban J connectivity index is 2.45. The van der Waals surface area contributed by atoms with Crippen molar-refractivity contribution in [3.05, 3.63) is 12.1 Å². The molecule has 0 aliphatic carbocycles. The van der Waals surface area contributed by atoms with Crippen LogP contribution in [0.1, 0.15) is 34.6 Å². The minimum Gasteiger partial charge on any atom is -0.400 e. The van der Waals surface area contributed by atoms with Crippen molar-refractivity contribution in [1.29, 1.82) is 0 Å². The zero-order valence-electron chi connectivity index (χ0n) is 10.4. The quantitative estimate of drug-likeness (QED) is 0.544. The normalized spacial score (nSPS) is 23.9. The van der Waals surface area contributed by atoms with Crippen molar-refractivity contribution < 1.29 is 9.31 Å². The Kier molecular flexibility index (Phi) is 4.33. The topological polar surface area (TPSA) is 18.5 Å². The van der Waals surface area contributed by atoms with Crippen LogP contribution in [0.4, 0.5) is 0 Å². The van der Waals surface area contributed by atoms with Gasteiger partial charge in [0.2, 0.25) is 0 Å². The lowest BCUT2D eigenvalue weighted by Crippen LogP contribution is -2.41. The molecule has 2 nitrogen and oxygen atoms in total. The molecule has 0 amide bonds. The van der Waals surface area contributed by atoms with Crippen molar-refractivity contribution in [2.45, 2.75) is 45.8 Å². The minimum atomic E-state index is -0.222. The van der Waals surface area contributed by atoms with Crippen molar-refractivity contribution >= 4 is 18.9 Å². The molecule has 0 aromatic rings. The summed E-state index contributed by atoms with van der Waals surface area (Å²) in [7, 11) is -0.188. The zero-order chi connectivity index (χ0) is 11.5. The Bertz CT molecular complexity index is 223. The molecule has 0 unspecified atom stereocenters. The largest absolute Gasteiger partial charge is 0.486 e. The van der Waals surface area contributed by atoms with E-state index in [9.17, 15) is 0 Å². The Morgan fingerprint density at radius 2 is 1.67 bits per heavy atom. The summed E-state index contributed by atoms with van der Waals surface area (Å²) in [5, 5.41) is 0. The van der Waals surface area contributed by atoms with Crippen LogP contribution in [-0.4, -0.2) is 29.8 Å². The van der Waals surface area contributed by atoms with E-state index in [2.05, 4.69) is 40.7 Å². The first-order valence-electron chi connectivity index (χ1n) is 5.49. The second kappa shape index (κ2) is 4.94. The van der Waals surface area contributed by atoms with Crippen LogP contribution < -0.4 is 0 Å². The van der Waals surface area contributed by atoms with Crippen LogP contribution in [0.15, 0.2) is 12.1 Å². The molecule has 0 aromatic heterocycles. The molecule has 0 N–H and O–H groups in total. The van der Waals surface area contributed by atoms with Crippen molar-refractivity contribution in [1.82, 2.24) is 0 Å². The molecule has 1 heterocycles. The molecular weight excluding hydrogens is 207 g/mol. The van der Waals surface area contributed by atoms with Crippen LogP contribution in [-0.2, 0) is 9.31 Å². The first-order chi connectivity index (χ1) is 6.89. The molecule has 4 heteroatoms. The maximum atomic E-state index is 5.83. The van der Waals surface area contributed by atoms with Gasteiger partial charge >= 0.3 is 7.12 Å². The summed E-state index contributed by atoms with van der Waals surface area (Å²) in [5.74, 6) is 4.19. The van der Waals surface area contributed by atoms with Gasteiger partial charge in [0.15, 0.2) is 0 Å². The molecule has 1 rings (SSSR count). The second-order valence-electron chi connectivity index (χ2n) is 4.71. The highest BCUT2D eigenvalue weighted by Gasteiger charge is 2.49. The first-order valence-corrected chi connectivity index (χ1v) is 6.64. The van der Waals surface area contributed by atoms with E-state index in [4.69, 9.17) is 9.31 Å². The second-order valence-corrected chi connectivity index (χ2v) is 6.03. The highest BCUT2D eigenvalue weighted by Crippen LogP contribution is 2.36. The van der Waals surface area contributed by atoms with Crippen molar-refractivity contribution in [2.75, 3.05) is 11.5 Å². The molecule has 0 saturated carbocycles. The van der Waals surface area contributed by atoms with E-state index in [1.54, 1.807) is 0 Å². The van der Waals surface area contributed by atoms with Crippen LogP contribution in [0.5, 0.6) is 0 Å². The maximum absolute atomic E-state index is 5.83. The molecule has 1 fully saturated rings. The summed E-state index contributed by atoms with van der Waals surface area (Å²) in [6.45, 7) is 10.4. The Labute approximate surface area is 97.9 Å². The Morgan fingerprint density at radius 1 is 1.13 bits per heavy atom. The van der Waals surface area contributed by atoms with Crippen molar-refractivity contribution in [3.8, 4) is 0 Å². The molecule has 1 aliphatic heterocycles. The van der Waals surface area contributed by atoms with Crippen LogP contribution in [0, 0.1) is 0 Å². The van der Waals surface area contributed by atoms with E-state index in [-0.39, 0.29) is 18.3 Å². The molecule has 15 heavy (non-hydrogen) atoms. The van der Waals surface area contributed by atoms with Crippen LogP contribution in [0.25, 0.3) is 0 Å². The molecule has 86 valence electrons. The number of rotatable bonds is 4. The standard InChI is InChI=1S/C11H21BO2S/c1-6-15-9-7-8-12-13-10(2,3)11(4,5)14-12/h7-8H,6,9H2,1-5H3/b8-7+. The summed E-state index contributed by atoms with van der Waals surface area (Å²) in [5.41, 5.74) is -0.445. The molecular formula is C11H21BO2S. The average Bonchev–Trinajstić information content (AvgIpc) is 2.30. The maximum Gasteiger partial charge on any atom is 0.486 e. The van der Waals surface area contributed by atoms with E-state index in [0.717, 1.165) is 11.5 Å². The van der Waals surface area contributed by atoms with E-state index in [0.29, 0.717) is 0 Å². The third kappa shape index (κ3) is 3.26. The zero-order valence-corrected chi connectivity index (χ0v) is 11.2. The van der Waals surface area contributed by atoms with Gasteiger partial charge in [-0.2, -0.15) is 11.8 Å². The molecule has 1 saturated heterocycles. The van der Waals surface area contributed by atoms with Gasteiger partial charge in [-0.1, -0.05) is 19.0 Å². The van der Waals surface area contributed by atoms with Gasteiger partial charge in [-0.05, 0) is 33.4 Å². The summed E-state index contributed by atoms with van der Waals surface area (Å²) in [4.78, 5) is 0. The fourth-order valence-electron chi connectivity index (χ4n) is 1.32. The predicted octanol–water partition coefficient (Wildman–Crippen LogP) is 2.93. The highest BCUT2D eigenvalue weighted by molar-refractivity contribution is 7.99. The third-order valence-corrected chi connectivity index (χ3v) is 3.82. The molecule has 1 aliphatic rings. The van der Waals surface area contributed by atoms with E-state index in [1.807, 2.05) is 17.7 Å². The number of hydrogen-bond donors (Lipinski definition) is 0. The van der Waals surface area contributed by atoms with Gasteiger partial charge in [-0.15, -0.1) is 0 Å². The first kappa shape index (κ1) is 13.1. The summed E-state index contributed by atoms with van der Waals surface area (Å²) < 4.78 is 11.7. The molecule has 0 spiro atoms.